The fourth-order valence-electron chi connectivity index (χ4n) is 3.36. The van der Waals surface area contributed by atoms with Crippen LogP contribution in [0.3, 0.4) is 0 Å². The zero-order chi connectivity index (χ0) is 20.7. The van der Waals surface area contributed by atoms with E-state index in [-0.39, 0.29) is 0 Å². The first-order valence-corrected chi connectivity index (χ1v) is 10.9. The van der Waals surface area contributed by atoms with Crippen molar-refractivity contribution in [2.75, 3.05) is 46.4 Å². The zero-order valence-corrected chi connectivity index (χ0v) is 18.0. The molecule has 0 saturated carbocycles. The molecule has 29 heavy (non-hydrogen) atoms. The van der Waals surface area contributed by atoms with Crippen molar-refractivity contribution in [1.29, 1.82) is 0 Å². The van der Waals surface area contributed by atoms with Crippen LogP contribution in [0.2, 0.25) is 0 Å². The Morgan fingerprint density at radius 3 is 2.90 bits per heavy atom. The van der Waals surface area contributed by atoms with E-state index < -0.39 is 0 Å². The lowest BCUT2D eigenvalue weighted by atomic mass is 10.2. The predicted molar refractivity (Wildman–Crippen MR) is 114 cm³/mol. The minimum absolute atomic E-state index is 0.295. The molecule has 9 nitrogen and oxygen atoms in total. The molecule has 164 valence electrons. The van der Waals surface area contributed by atoms with Crippen molar-refractivity contribution in [3.8, 4) is 0 Å². The Hall–Kier alpha value is -2.16. The van der Waals surface area contributed by atoms with E-state index in [4.69, 9.17) is 9.73 Å². The number of aromatic nitrogens is 3. The van der Waals surface area contributed by atoms with E-state index >= 15 is 0 Å². The summed E-state index contributed by atoms with van der Waals surface area (Å²) >= 11 is 0. The van der Waals surface area contributed by atoms with Crippen molar-refractivity contribution >= 4 is 11.9 Å². The van der Waals surface area contributed by atoms with E-state index in [1.165, 1.54) is 0 Å². The molecule has 1 saturated heterocycles. The van der Waals surface area contributed by atoms with E-state index in [1.54, 1.807) is 13.4 Å². The van der Waals surface area contributed by atoms with Crippen LogP contribution in [0.25, 0.3) is 0 Å². The first-order valence-electron chi connectivity index (χ1n) is 10.9. The van der Waals surface area contributed by atoms with Crippen LogP contribution in [0.4, 0.5) is 0 Å². The Morgan fingerprint density at radius 1 is 1.21 bits per heavy atom. The highest BCUT2D eigenvalue weighted by Gasteiger charge is 2.15. The van der Waals surface area contributed by atoms with E-state index in [9.17, 15) is 4.79 Å². The second-order valence-electron chi connectivity index (χ2n) is 7.27. The summed E-state index contributed by atoms with van der Waals surface area (Å²) in [6.07, 6.45) is 8.43. The van der Waals surface area contributed by atoms with Crippen molar-refractivity contribution in [3.05, 3.63) is 12.2 Å². The number of aliphatic imine (C=N–C) groups is 1. The Balaban J connectivity index is 1.77. The molecule has 0 radical (unpaired) electrons. The maximum absolute atomic E-state index is 12.1. The van der Waals surface area contributed by atoms with Gasteiger partial charge in [0.2, 0.25) is 5.91 Å². The minimum Gasteiger partial charge on any atom is -0.385 e. The summed E-state index contributed by atoms with van der Waals surface area (Å²) in [6, 6.07) is 0. The van der Waals surface area contributed by atoms with Crippen molar-refractivity contribution in [1.82, 2.24) is 30.3 Å². The van der Waals surface area contributed by atoms with Crippen molar-refractivity contribution in [2.45, 2.75) is 58.4 Å². The smallest absolute Gasteiger partial charge is 0.222 e. The molecular weight excluding hydrogens is 370 g/mol. The number of nitrogens with one attached hydrogen (secondary N) is 2. The third-order valence-electron chi connectivity index (χ3n) is 5.00. The van der Waals surface area contributed by atoms with Crippen LogP contribution in [-0.2, 0) is 22.5 Å². The first-order chi connectivity index (χ1) is 14.2. The van der Waals surface area contributed by atoms with Crippen LogP contribution in [0.1, 0.15) is 51.3 Å². The highest BCUT2D eigenvalue weighted by molar-refractivity contribution is 5.79. The van der Waals surface area contributed by atoms with Crippen LogP contribution in [-0.4, -0.2) is 78.0 Å². The van der Waals surface area contributed by atoms with Crippen LogP contribution in [0.5, 0.6) is 0 Å². The molecule has 0 aliphatic carbocycles. The average Bonchev–Trinajstić information content (AvgIpc) is 3.09. The molecule has 0 atom stereocenters. The predicted octanol–water partition coefficient (Wildman–Crippen LogP) is 1.20. The average molecular weight is 408 g/mol. The van der Waals surface area contributed by atoms with Gasteiger partial charge in [0.15, 0.2) is 5.96 Å². The number of hydrogen-bond acceptors (Lipinski definition) is 5. The standard InChI is InChI=1S/C20H37N7O2/c1-3-18-25-24-17-27(18)15-12-23-20(22-11-8-16-29-2)21-10-7-14-26-13-6-4-5-9-19(26)28/h17H,3-16H2,1-2H3,(H2,21,22,23). The van der Waals surface area contributed by atoms with Crippen LogP contribution < -0.4 is 10.6 Å². The number of carbonyl (C=O) groups is 1. The van der Waals surface area contributed by atoms with Gasteiger partial charge in [-0.15, -0.1) is 10.2 Å². The summed E-state index contributed by atoms with van der Waals surface area (Å²) in [6.45, 7) is 7.50. The number of likely N-dealkylation sites (tertiary alicyclic amines) is 1. The van der Waals surface area contributed by atoms with Crippen LogP contribution in [0, 0.1) is 0 Å². The van der Waals surface area contributed by atoms with Gasteiger partial charge in [-0.3, -0.25) is 9.79 Å². The van der Waals surface area contributed by atoms with Gasteiger partial charge >= 0.3 is 0 Å². The summed E-state index contributed by atoms with van der Waals surface area (Å²) < 4.78 is 7.17. The molecule has 1 amide bonds. The molecule has 1 aliphatic rings. The second kappa shape index (κ2) is 13.9. The number of nitrogens with zero attached hydrogens (tertiary/aromatic N) is 5. The molecule has 2 N–H and O–H groups in total. The normalized spacial score (nSPS) is 15.4. The Kier molecular flexibility index (Phi) is 11.1. The van der Waals surface area contributed by atoms with E-state index in [2.05, 4.69) is 32.3 Å². The number of rotatable bonds is 12. The molecule has 0 bridgehead atoms. The van der Waals surface area contributed by atoms with Crippen LogP contribution in [0.15, 0.2) is 11.3 Å². The van der Waals surface area contributed by atoms with E-state index in [0.717, 1.165) is 89.6 Å². The minimum atomic E-state index is 0.295. The SMILES string of the molecule is CCc1nncn1CCNC(=NCCCN1CCCCCC1=O)NCCCOC. The summed E-state index contributed by atoms with van der Waals surface area (Å²) in [5, 5.41) is 14.8. The molecular formula is C20H37N7O2. The number of methoxy groups -OCH3 is 1. The van der Waals surface area contributed by atoms with Gasteiger partial charge in [-0.05, 0) is 25.7 Å². The summed E-state index contributed by atoms with van der Waals surface area (Å²) in [5.41, 5.74) is 0. The third-order valence-corrected chi connectivity index (χ3v) is 5.00. The Morgan fingerprint density at radius 2 is 2.07 bits per heavy atom. The number of guanidine groups is 1. The fourth-order valence-corrected chi connectivity index (χ4v) is 3.36. The van der Waals surface area contributed by atoms with Crippen molar-refractivity contribution < 1.29 is 9.53 Å². The van der Waals surface area contributed by atoms with Gasteiger partial charge in [0, 0.05) is 65.8 Å². The lowest BCUT2D eigenvalue weighted by Gasteiger charge is -2.20. The molecule has 2 rings (SSSR count). The lowest BCUT2D eigenvalue weighted by molar-refractivity contribution is -0.130. The maximum atomic E-state index is 12.1. The highest BCUT2D eigenvalue weighted by atomic mass is 16.5. The maximum Gasteiger partial charge on any atom is 0.222 e. The summed E-state index contributed by atoms with van der Waals surface area (Å²) in [7, 11) is 1.71. The van der Waals surface area contributed by atoms with E-state index in [0.29, 0.717) is 18.9 Å². The van der Waals surface area contributed by atoms with Gasteiger partial charge in [0.1, 0.15) is 12.2 Å². The van der Waals surface area contributed by atoms with Gasteiger partial charge in [0.25, 0.3) is 0 Å². The molecule has 0 spiro atoms. The van der Waals surface area contributed by atoms with Gasteiger partial charge in [-0.25, -0.2) is 0 Å². The molecule has 0 aromatic carbocycles. The molecule has 9 heteroatoms. The number of hydrogen-bond donors (Lipinski definition) is 2. The van der Waals surface area contributed by atoms with Crippen molar-refractivity contribution in [2.24, 2.45) is 4.99 Å². The molecule has 1 aromatic rings. The largest absolute Gasteiger partial charge is 0.385 e. The van der Waals surface area contributed by atoms with Crippen LogP contribution >= 0.6 is 0 Å². The van der Waals surface area contributed by atoms with Gasteiger partial charge in [-0.2, -0.15) is 0 Å². The fraction of sp³-hybridized carbons (Fsp3) is 0.800. The second-order valence-corrected chi connectivity index (χ2v) is 7.27. The highest BCUT2D eigenvalue weighted by Crippen LogP contribution is 2.11. The molecule has 1 aromatic heterocycles. The Labute approximate surface area is 174 Å². The quantitative estimate of drug-likeness (QED) is 0.307. The first kappa shape index (κ1) is 23.1. The lowest BCUT2D eigenvalue weighted by Crippen LogP contribution is -2.40. The summed E-state index contributed by atoms with van der Waals surface area (Å²) in [4.78, 5) is 18.8. The number of ether oxygens (including phenoxy) is 1. The Bertz CT molecular complexity index is 618. The molecule has 1 aliphatic heterocycles. The van der Waals surface area contributed by atoms with Gasteiger partial charge < -0.3 is 24.8 Å². The topological polar surface area (TPSA) is 96.7 Å². The van der Waals surface area contributed by atoms with Gasteiger partial charge in [0.05, 0.1) is 0 Å². The third kappa shape index (κ3) is 8.81. The number of aryl methyl sites for hydroxylation is 1. The molecule has 0 unspecified atom stereocenters. The number of carbonyl (C=O) groups excluding carboxylic acids is 1. The van der Waals surface area contributed by atoms with Gasteiger partial charge in [-0.1, -0.05) is 13.3 Å². The monoisotopic (exact) mass is 407 g/mol. The molecule has 1 fully saturated rings. The zero-order valence-electron chi connectivity index (χ0n) is 18.0. The molecule has 2 heterocycles. The van der Waals surface area contributed by atoms with Crippen molar-refractivity contribution in [3.63, 3.8) is 0 Å². The summed E-state index contributed by atoms with van der Waals surface area (Å²) in [5.74, 6) is 2.08. The van der Waals surface area contributed by atoms with E-state index in [1.807, 2.05) is 4.90 Å². The number of amides is 1.